The maximum atomic E-state index is 13.9. The average molecular weight is 376 g/mol. The number of nitrogens with one attached hydrogen (secondary N) is 1. The van der Waals surface area contributed by atoms with E-state index in [2.05, 4.69) is 9.97 Å². The third-order valence-corrected chi connectivity index (χ3v) is 5.25. The summed E-state index contributed by atoms with van der Waals surface area (Å²) in [5.74, 6) is 0.775. The normalized spacial score (nSPS) is 11.3. The molecule has 0 saturated carbocycles. The molecule has 26 heavy (non-hydrogen) atoms. The van der Waals surface area contributed by atoms with Crippen molar-refractivity contribution in [2.24, 2.45) is 0 Å². The van der Waals surface area contributed by atoms with Crippen molar-refractivity contribution >= 4 is 22.9 Å². The molecular weight excluding hydrogens is 355 g/mol. The number of fused-ring (bicyclic) bond motifs is 1. The third-order valence-electron chi connectivity index (χ3n) is 4.21. The van der Waals surface area contributed by atoms with Crippen molar-refractivity contribution in [3.8, 4) is 0 Å². The number of hydrogen-bond donors (Lipinski definition) is 1. The molecule has 0 unspecified atom stereocenters. The van der Waals surface area contributed by atoms with Gasteiger partial charge in [-0.2, -0.15) is 0 Å². The van der Waals surface area contributed by atoms with Crippen molar-refractivity contribution in [1.82, 2.24) is 19.1 Å². The van der Waals surface area contributed by atoms with E-state index in [-0.39, 0.29) is 5.82 Å². The first-order valence-electron chi connectivity index (χ1n) is 8.66. The molecule has 0 aliphatic heterocycles. The summed E-state index contributed by atoms with van der Waals surface area (Å²) in [6, 6.07) is 6.55. The second kappa shape index (κ2) is 7.90. The number of unbranched alkanes of at least 4 members (excludes halogenated alkanes) is 1. The zero-order valence-corrected chi connectivity index (χ0v) is 15.6. The average Bonchev–Trinajstić information content (AvgIpc) is 2.99. The van der Waals surface area contributed by atoms with Crippen LogP contribution in [0.3, 0.4) is 0 Å². The van der Waals surface area contributed by atoms with E-state index in [1.807, 2.05) is 13.8 Å². The van der Waals surface area contributed by atoms with E-state index in [4.69, 9.17) is 0 Å². The first-order chi connectivity index (χ1) is 12.6. The lowest BCUT2D eigenvalue weighted by atomic mass is 10.3. The number of aromatic nitrogens is 4. The van der Waals surface area contributed by atoms with Gasteiger partial charge in [-0.25, -0.2) is 14.2 Å². The molecule has 0 saturated heterocycles. The van der Waals surface area contributed by atoms with Crippen LogP contribution in [0.15, 0.2) is 38.8 Å². The molecule has 0 amide bonds. The molecule has 1 aromatic carbocycles. The minimum atomic E-state index is -0.440. The van der Waals surface area contributed by atoms with E-state index in [1.54, 1.807) is 22.8 Å². The van der Waals surface area contributed by atoms with E-state index in [1.165, 1.54) is 22.4 Å². The van der Waals surface area contributed by atoms with Crippen molar-refractivity contribution in [2.45, 2.75) is 50.4 Å². The van der Waals surface area contributed by atoms with Crippen LogP contribution in [-0.4, -0.2) is 19.1 Å². The van der Waals surface area contributed by atoms with Crippen LogP contribution in [0.4, 0.5) is 4.39 Å². The van der Waals surface area contributed by atoms with Crippen LogP contribution < -0.4 is 11.2 Å². The Kier molecular flexibility index (Phi) is 5.61. The predicted octanol–water partition coefficient (Wildman–Crippen LogP) is 3.14. The minimum Gasteiger partial charge on any atom is -0.322 e. The predicted molar refractivity (Wildman–Crippen MR) is 101 cm³/mol. The van der Waals surface area contributed by atoms with Gasteiger partial charge in [0.1, 0.15) is 11.6 Å². The molecule has 2 heterocycles. The summed E-state index contributed by atoms with van der Waals surface area (Å²) in [6.45, 7) is 5.00. The summed E-state index contributed by atoms with van der Waals surface area (Å²) in [7, 11) is 0. The first-order valence-corrected chi connectivity index (χ1v) is 9.64. The van der Waals surface area contributed by atoms with Gasteiger partial charge in [0.25, 0.3) is 5.56 Å². The molecule has 1 N–H and O–H groups in total. The lowest BCUT2D eigenvalue weighted by Crippen LogP contribution is -2.31. The molecular formula is C18H21FN4O2S. The van der Waals surface area contributed by atoms with Crippen LogP contribution in [0, 0.1) is 5.82 Å². The van der Waals surface area contributed by atoms with Gasteiger partial charge < -0.3 is 4.57 Å². The summed E-state index contributed by atoms with van der Waals surface area (Å²) in [4.78, 5) is 32.0. The maximum absolute atomic E-state index is 13.9. The molecule has 6 nitrogen and oxygen atoms in total. The fourth-order valence-corrected chi connectivity index (χ4v) is 3.78. The maximum Gasteiger partial charge on any atom is 0.330 e. The number of nitrogens with zero attached hydrogens (tertiary/aromatic N) is 3. The lowest BCUT2D eigenvalue weighted by Gasteiger charge is -2.06. The van der Waals surface area contributed by atoms with E-state index in [0.717, 1.165) is 12.8 Å². The second-order valence-electron chi connectivity index (χ2n) is 5.93. The number of rotatable bonds is 7. The zero-order valence-electron chi connectivity index (χ0n) is 14.8. The zero-order chi connectivity index (χ0) is 18.7. The highest BCUT2D eigenvalue weighted by molar-refractivity contribution is 7.98. The molecule has 0 bridgehead atoms. The molecule has 0 radical (unpaired) electrons. The van der Waals surface area contributed by atoms with Crippen LogP contribution in [0.5, 0.6) is 0 Å². The van der Waals surface area contributed by atoms with Gasteiger partial charge in [-0.15, -0.1) is 11.8 Å². The molecule has 0 spiro atoms. The van der Waals surface area contributed by atoms with E-state index < -0.39 is 11.2 Å². The van der Waals surface area contributed by atoms with Crippen molar-refractivity contribution in [2.75, 3.05) is 0 Å². The number of aromatic amines is 1. The SMILES string of the molecule is CCCCn1c(=O)[nH]c(=O)c2c1nc(CSc1ccccc1F)n2CC. The Morgan fingerprint density at radius 2 is 1.96 bits per heavy atom. The standard InChI is InChI=1S/C18H21FN4O2S/c1-3-5-10-23-16-15(17(24)21-18(23)25)22(4-2)14(20-16)11-26-13-9-7-6-8-12(13)19/h6-9H,3-5,10-11H2,1-2H3,(H,21,24,25). The van der Waals surface area contributed by atoms with Gasteiger partial charge in [-0.05, 0) is 25.5 Å². The van der Waals surface area contributed by atoms with Gasteiger partial charge in [-0.3, -0.25) is 14.3 Å². The van der Waals surface area contributed by atoms with E-state index in [0.29, 0.717) is 40.7 Å². The van der Waals surface area contributed by atoms with E-state index >= 15 is 0 Å². The highest BCUT2D eigenvalue weighted by Crippen LogP contribution is 2.26. The fourth-order valence-electron chi connectivity index (χ4n) is 2.90. The minimum absolute atomic E-state index is 0.283. The Labute approximate surface area is 154 Å². The van der Waals surface area contributed by atoms with Crippen LogP contribution in [-0.2, 0) is 18.8 Å². The number of aryl methyl sites for hydroxylation is 2. The van der Waals surface area contributed by atoms with Crippen molar-refractivity contribution in [3.63, 3.8) is 0 Å². The van der Waals surface area contributed by atoms with Gasteiger partial charge in [0, 0.05) is 18.0 Å². The van der Waals surface area contributed by atoms with Crippen molar-refractivity contribution in [3.05, 3.63) is 56.7 Å². The summed E-state index contributed by atoms with van der Waals surface area (Å²) in [5, 5.41) is 0. The number of H-pyrrole nitrogens is 1. The molecule has 3 rings (SSSR count). The van der Waals surface area contributed by atoms with Crippen LogP contribution in [0.2, 0.25) is 0 Å². The number of imidazole rings is 1. The van der Waals surface area contributed by atoms with Crippen molar-refractivity contribution < 1.29 is 4.39 Å². The van der Waals surface area contributed by atoms with Crippen molar-refractivity contribution in [1.29, 1.82) is 0 Å². The fraction of sp³-hybridized carbons (Fsp3) is 0.389. The molecule has 0 atom stereocenters. The first kappa shape index (κ1) is 18.4. The number of thioether (sulfide) groups is 1. The molecule has 0 aliphatic rings. The molecule has 2 aromatic heterocycles. The van der Waals surface area contributed by atoms with Gasteiger partial charge in [-0.1, -0.05) is 25.5 Å². The monoisotopic (exact) mass is 376 g/mol. The molecule has 0 aliphatic carbocycles. The number of halogens is 1. The Balaban J connectivity index is 2.05. The molecule has 3 aromatic rings. The van der Waals surface area contributed by atoms with Gasteiger partial charge in [0.2, 0.25) is 0 Å². The molecule has 0 fully saturated rings. The number of hydrogen-bond acceptors (Lipinski definition) is 4. The number of benzene rings is 1. The van der Waals surface area contributed by atoms with E-state index in [9.17, 15) is 14.0 Å². The lowest BCUT2D eigenvalue weighted by molar-refractivity contribution is 0.602. The Bertz CT molecular complexity index is 1040. The molecule has 138 valence electrons. The van der Waals surface area contributed by atoms with Crippen LogP contribution >= 0.6 is 11.8 Å². The Hall–Kier alpha value is -2.35. The topological polar surface area (TPSA) is 72.7 Å². The quantitative estimate of drug-likeness (QED) is 0.643. The summed E-state index contributed by atoms with van der Waals surface area (Å²) in [6.07, 6.45) is 1.75. The van der Waals surface area contributed by atoms with Gasteiger partial charge >= 0.3 is 5.69 Å². The second-order valence-corrected chi connectivity index (χ2v) is 6.95. The largest absolute Gasteiger partial charge is 0.330 e. The highest BCUT2D eigenvalue weighted by atomic mass is 32.2. The van der Waals surface area contributed by atoms with Gasteiger partial charge in [0.15, 0.2) is 11.2 Å². The van der Waals surface area contributed by atoms with Crippen LogP contribution in [0.25, 0.3) is 11.2 Å². The third kappa shape index (κ3) is 3.46. The summed E-state index contributed by atoms with van der Waals surface area (Å²) < 4.78 is 17.2. The summed E-state index contributed by atoms with van der Waals surface area (Å²) >= 11 is 1.32. The Morgan fingerprint density at radius 3 is 2.65 bits per heavy atom. The van der Waals surface area contributed by atoms with Gasteiger partial charge in [0.05, 0.1) is 5.75 Å². The smallest absolute Gasteiger partial charge is 0.322 e. The molecule has 8 heteroatoms. The van der Waals surface area contributed by atoms with Crippen LogP contribution in [0.1, 0.15) is 32.5 Å². The highest BCUT2D eigenvalue weighted by Gasteiger charge is 2.18. The summed E-state index contributed by atoms with van der Waals surface area (Å²) in [5.41, 5.74) is -0.0789. The Morgan fingerprint density at radius 1 is 1.19 bits per heavy atom.